The number of nitrogens with zero attached hydrogens (tertiary/aromatic N) is 2. The van der Waals surface area contributed by atoms with E-state index in [4.69, 9.17) is 0 Å². The molecule has 2 aromatic rings. The Morgan fingerprint density at radius 3 is 2.35 bits per heavy atom. The zero-order chi connectivity index (χ0) is 13.9. The van der Waals surface area contributed by atoms with Crippen LogP contribution in [0.25, 0.3) is 0 Å². The summed E-state index contributed by atoms with van der Waals surface area (Å²) in [4.78, 5) is 4.72. The lowest BCUT2D eigenvalue weighted by Crippen LogP contribution is -2.36. The average Bonchev–Trinajstić information content (AvgIpc) is 2.49. The normalized spacial score (nSPS) is 14.3. The van der Waals surface area contributed by atoms with Crippen molar-refractivity contribution in [1.29, 1.82) is 0 Å². The van der Waals surface area contributed by atoms with Crippen molar-refractivity contribution in [3.8, 4) is 0 Å². The molecular formula is C17H21N3. The van der Waals surface area contributed by atoms with Crippen LogP contribution in [0.2, 0.25) is 0 Å². The number of benzene rings is 2. The highest BCUT2D eigenvalue weighted by atomic mass is 15.3. The van der Waals surface area contributed by atoms with Gasteiger partial charge in [0.05, 0.1) is 11.4 Å². The van der Waals surface area contributed by atoms with Gasteiger partial charge in [-0.25, -0.2) is 0 Å². The van der Waals surface area contributed by atoms with Crippen molar-refractivity contribution in [2.45, 2.75) is 6.54 Å². The van der Waals surface area contributed by atoms with Crippen LogP contribution in [0, 0.1) is 0 Å². The Morgan fingerprint density at radius 2 is 1.65 bits per heavy atom. The van der Waals surface area contributed by atoms with Gasteiger partial charge in [0.25, 0.3) is 0 Å². The molecule has 3 nitrogen and oxygen atoms in total. The first-order chi connectivity index (χ1) is 9.79. The topological polar surface area (TPSA) is 18.5 Å². The van der Waals surface area contributed by atoms with E-state index in [-0.39, 0.29) is 0 Å². The Balaban J connectivity index is 1.93. The van der Waals surface area contributed by atoms with Gasteiger partial charge >= 0.3 is 0 Å². The Hall–Kier alpha value is -2.00. The highest BCUT2D eigenvalue weighted by Crippen LogP contribution is 2.36. The van der Waals surface area contributed by atoms with E-state index in [9.17, 15) is 0 Å². The molecular weight excluding hydrogens is 246 g/mol. The summed E-state index contributed by atoms with van der Waals surface area (Å²) < 4.78 is 0. The Kier molecular flexibility index (Phi) is 3.61. The lowest BCUT2D eigenvalue weighted by Gasteiger charge is -2.37. The first kappa shape index (κ1) is 13.0. The van der Waals surface area contributed by atoms with E-state index in [0.717, 1.165) is 19.6 Å². The number of likely N-dealkylation sites (N-methyl/N-ethyl adjacent to an activating group) is 1. The summed E-state index contributed by atoms with van der Waals surface area (Å²) in [5.74, 6) is 0. The van der Waals surface area contributed by atoms with Gasteiger partial charge < -0.3 is 15.1 Å². The van der Waals surface area contributed by atoms with Crippen LogP contribution in [0.5, 0.6) is 0 Å². The molecule has 0 aromatic heterocycles. The third-order valence-corrected chi connectivity index (χ3v) is 3.87. The highest BCUT2D eigenvalue weighted by molar-refractivity contribution is 5.79. The summed E-state index contributed by atoms with van der Waals surface area (Å²) in [5.41, 5.74) is 5.18. The van der Waals surface area contributed by atoms with Crippen LogP contribution < -0.4 is 15.1 Å². The molecule has 0 fully saturated rings. The third kappa shape index (κ3) is 2.37. The second-order valence-electron chi connectivity index (χ2n) is 5.26. The van der Waals surface area contributed by atoms with Gasteiger partial charge in [0.15, 0.2) is 0 Å². The van der Waals surface area contributed by atoms with Crippen LogP contribution in [0.3, 0.4) is 0 Å². The van der Waals surface area contributed by atoms with E-state index in [0.29, 0.717) is 0 Å². The maximum Gasteiger partial charge on any atom is 0.0649 e. The first-order valence-corrected chi connectivity index (χ1v) is 7.11. The van der Waals surface area contributed by atoms with Crippen LogP contribution in [0.15, 0.2) is 48.5 Å². The molecule has 3 heteroatoms. The number of rotatable bonds is 3. The number of hydrogen-bond donors (Lipinski definition) is 1. The molecule has 2 aromatic carbocycles. The molecule has 0 unspecified atom stereocenters. The molecule has 0 spiro atoms. The molecule has 0 saturated carbocycles. The lowest BCUT2D eigenvalue weighted by molar-refractivity contribution is 0.812. The zero-order valence-corrected chi connectivity index (χ0v) is 12.1. The molecule has 0 aliphatic carbocycles. The van der Waals surface area contributed by atoms with Crippen molar-refractivity contribution in [1.82, 2.24) is 5.32 Å². The quantitative estimate of drug-likeness (QED) is 0.922. The van der Waals surface area contributed by atoms with Crippen molar-refractivity contribution in [3.63, 3.8) is 0 Å². The Labute approximate surface area is 120 Å². The fourth-order valence-electron chi connectivity index (χ4n) is 2.77. The molecule has 20 heavy (non-hydrogen) atoms. The van der Waals surface area contributed by atoms with E-state index in [1.807, 2.05) is 7.05 Å². The van der Waals surface area contributed by atoms with Crippen LogP contribution in [0.4, 0.5) is 17.1 Å². The largest absolute Gasteiger partial charge is 0.371 e. The predicted octanol–water partition coefficient (Wildman–Crippen LogP) is 2.99. The minimum atomic E-state index is 0.916. The van der Waals surface area contributed by atoms with Crippen molar-refractivity contribution < 1.29 is 0 Å². The number of para-hydroxylation sites is 2. The monoisotopic (exact) mass is 267 g/mol. The minimum Gasteiger partial charge on any atom is -0.371 e. The molecule has 1 aliphatic heterocycles. The SMILES string of the molecule is CNCc1ccc(N2CCN(C)c3ccccc32)cc1. The van der Waals surface area contributed by atoms with Gasteiger partial charge in [0.1, 0.15) is 0 Å². The van der Waals surface area contributed by atoms with E-state index < -0.39 is 0 Å². The van der Waals surface area contributed by atoms with Crippen molar-refractivity contribution in [2.24, 2.45) is 0 Å². The number of fused-ring (bicyclic) bond motifs is 1. The van der Waals surface area contributed by atoms with Crippen LogP contribution in [-0.4, -0.2) is 27.2 Å². The number of anilines is 3. The van der Waals surface area contributed by atoms with Gasteiger partial charge in [-0.3, -0.25) is 0 Å². The predicted molar refractivity (Wildman–Crippen MR) is 85.9 cm³/mol. The first-order valence-electron chi connectivity index (χ1n) is 7.11. The molecule has 0 saturated heterocycles. The molecule has 0 atom stereocenters. The van der Waals surface area contributed by atoms with Crippen molar-refractivity contribution in [2.75, 3.05) is 37.0 Å². The third-order valence-electron chi connectivity index (χ3n) is 3.87. The van der Waals surface area contributed by atoms with E-state index in [2.05, 4.69) is 70.7 Å². The maximum atomic E-state index is 3.18. The van der Waals surface area contributed by atoms with Gasteiger partial charge in [0, 0.05) is 32.4 Å². The standard InChI is InChI=1S/C17H21N3/c1-18-13-14-7-9-15(10-8-14)20-12-11-19(2)16-5-3-4-6-17(16)20/h3-10,18H,11-13H2,1-2H3. The minimum absolute atomic E-state index is 0.916. The van der Waals surface area contributed by atoms with Gasteiger partial charge in [-0.15, -0.1) is 0 Å². The zero-order valence-electron chi connectivity index (χ0n) is 12.1. The van der Waals surface area contributed by atoms with Crippen molar-refractivity contribution >= 4 is 17.1 Å². The summed E-state index contributed by atoms with van der Waals surface area (Å²) in [6.07, 6.45) is 0. The lowest BCUT2D eigenvalue weighted by atomic mass is 10.1. The van der Waals surface area contributed by atoms with Crippen LogP contribution in [0.1, 0.15) is 5.56 Å². The summed E-state index contributed by atoms with van der Waals surface area (Å²) in [5, 5.41) is 3.18. The van der Waals surface area contributed by atoms with E-state index in [1.54, 1.807) is 0 Å². The molecule has 0 radical (unpaired) electrons. The fraction of sp³-hybridized carbons (Fsp3) is 0.294. The van der Waals surface area contributed by atoms with Gasteiger partial charge in [-0.1, -0.05) is 24.3 Å². The van der Waals surface area contributed by atoms with Crippen LogP contribution >= 0.6 is 0 Å². The summed E-state index contributed by atoms with van der Waals surface area (Å²) >= 11 is 0. The number of hydrogen-bond acceptors (Lipinski definition) is 3. The molecule has 1 N–H and O–H groups in total. The summed E-state index contributed by atoms with van der Waals surface area (Å²) in [7, 11) is 4.14. The molecule has 104 valence electrons. The Morgan fingerprint density at radius 1 is 0.950 bits per heavy atom. The molecule has 3 rings (SSSR count). The highest BCUT2D eigenvalue weighted by Gasteiger charge is 2.20. The molecule has 0 bridgehead atoms. The molecule has 1 heterocycles. The average molecular weight is 267 g/mol. The fourth-order valence-corrected chi connectivity index (χ4v) is 2.77. The summed E-state index contributed by atoms with van der Waals surface area (Å²) in [6, 6.07) is 17.4. The van der Waals surface area contributed by atoms with E-state index >= 15 is 0 Å². The summed E-state index contributed by atoms with van der Waals surface area (Å²) in [6.45, 7) is 2.99. The second-order valence-corrected chi connectivity index (χ2v) is 5.26. The van der Waals surface area contributed by atoms with Gasteiger partial charge in [-0.05, 0) is 36.9 Å². The second kappa shape index (κ2) is 5.55. The maximum absolute atomic E-state index is 3.18. The van der Waals surface area contributed by atoms with Crippen molar-refractivity contribution in [3.05, 3.63) is 54.1 Å². The van der Waals surface area contributed by atoms with Crippen LogP contribution in [-0.2, 0) is 6.54 Å². The Bertz CT molecular complexity index is 577. The van der Waals surface area contributed by atoms with E-state index in [1.165, 1.54) is 22.6 Å². The smallest absolute Gasteiger partial charge is 0.0649 e. The van der Waals surface area contributed by atoms with Gasteiger partial charge in [-0.2, -0.15) is 0 Å². The number of nitrogens with one attached hydrogen (secondary N) is 1. The van der Waals surface area contributed by atoms with Gasteiger partial charge in [0.2, 0.25) is 0 Å². The molecule has 1 aliphatic rings. The molecule has 0 amide bonds.